The average Bonchev–Trinajstić information content (AvgIpc) is 3.23. The first-order valence-corrected chi connectivity index (χ1v) is 9.12. The number of anilines is 1. The monoisotopic (exact) mass is 386 g/mol. The van der Waals surface area contributed by atoms with Gasteiger partial charge in [-0.3, -0.25) is 0 Å². The van der Waals surface area contributed by atoms with Gasteiger partial charge >= 0.3 is 6.03 Å². The Bertz CT molecular complexity index is 840. The number of hydrogen-bond acceptors (Lipinski definition) is 5. The number of likely N-dealkylation sites (tertiary alicyclic amines) is 1. The summed E-state index contributed by atoms with van der Waals surface area (Å²) in [6.45, 7) is 0.656. The minimum Gasteiger partial charge on any atom is -0.497 e. The normalized spacial score (nSPS) is 15.9. The molecule has 150 valence electrons. The Kier molecular flexibility index (Phi) is 6.13. The fourth-order valence-electron chi connectivity index (χ4n) is 3.53. The molecule has 1 aliphatic heterocycles. The van der Waals surface area contributed by atoms with Crippen LogP contribution in [0, 0.1) is 0 Å². The Balaban J connectivity index is 1.86. The SMILES string of the molecule is COc1ccc(OC)c(NC(=O)N2CCCC2c2cc(OC)ccc2OC)c1. The van der Waals surface area contributed by atoms with Crippen molar-refractivity contribution in [3.8, 4) is 23.0 Å². The van der Waals surface area contributed by atoms with Crippen LogP contribution in [0.3, 0.4) is 0 Å². The largest absolute Gasteiger partial charge is 0.497 e. The zero-order chi connectivity index (χ0) is 20.1. The summed E-state index contributed by atoms with van der Waals surface area (Å²) in [5.41, 5.74) is 1.50. The van der Waals surface area contributed by atoms with Crippen molar-refractivity contribution >= 4 is 11.7 Å². The van der Waals surface area contributed by atoms with Crippen molar-refractivity contribution in [3.63, 3.8) is 0 Å². The molecule has 7 nitrogen and oxygen atoms in total. The summed E-state index contributed by atoms with van der Waals surface area (Å²) >= 11 is 0. The molecule has 28 heavy (non-hydrogen) atoms. The molecule has 1 heterocycles. The first-order valence-electron chi connectivity index (χ1n) is 9.12. The number of hydrogen-bond donors (Lipinski definition) is 1. The number of methoxy groups -OCH3 is 4. The molecule has 0 saturated carbocycles. The van der Waals surface area contributed by atoms with Gasteiger partial charge in [-0.15, -0.1) is 0 Å². The van der Waals surface area contributed by atoms with E-state index in [1.54, 1.807) is 46.6 Å². The quantitative estimate of drug-likeness (QED) is 0.810. The number of nitrogens with zero attached hydrogens (tertiary/aromatic N) is 1. The van der Waals surface area contributed by atoms with Gasteiger partial charge in [0.1, 0.15) is 23.0 Å². The summed E-state index contributed by atoms with van der Waals surface area (Å²) in [5.74, 6) is 2.69. The summed E-state index contributed by atoms with van der Waals surface area (Å²) in [6.07, 6.45) is 1.76. The highest BCUT2D eigenvalue weighted by molar-refractivity contribution is 5.91. The smallest absolute Gasteiger partial charge is 0.322 e. The van der Waals surface area contributed by atoms with E-state index in [-0.39, 0.29) is 12.1 Å². The molecule has 3 rings (SSSR count). The molecule has 0 aromatic heterocycles. The van der Waals surface area contributed by atoms with E-state index in [4.69, 9.17) is 18.9 Å². The summed E-state index contributed by atoms with van der Waals surface area (Å²) in [7, 11) is 6.40. The van der Waals surface area contributed by atoms with Gasteiger partial charge in [-0.2, -0.15) is 0 Å². The summed E-state index contributed by atoms with van der Waals surface area (Å²) in [4.78, 5) is 14.9. The van der Waals surface area contributed by atoms with Crippen LogP contribution in [0.15, 0.2) is 36.4 Å². The Labute approximate surface area is 165 Å². The van der Waals surface area contributed by atoms with Crippen molar-refractivity contribution in [3.05, 3.63) is 42.0 Å². The molecule has 2 amide bonds. The number of rotatable bonds is 6. The maximum absolute atomic E-state index is 13.1. The molecule has 1 N–H and O–H groups in total. The van der Waals surface area contributed by atoms with Crippen LogP contribution in [0.2, 0.25) is 0 Å². The number of nitrogens with one attached hydrogen (secondary N) is 1. The van der Waals surface area contributed by atoms with Crippen LogP contribution >= 0.6 is 0 Å². The molecule has 0 aliphatic carbocycles. The van der Waals surface area contributed by atoms with Crippen LogP contribution in [0.5, 0.6) is 23.0 Å². The van der Waals surface area contributed by atoms with Crippen molar-refractivity contribution in [1.29, 1.82) is 0 Å². The molecule has 2 aromatic carbocycles. The lowest BCUT2D eigenvalue weighted by atomic mass is 10.0. The minimum atomic E-state index is -0.195. The maximum atomic E-state index is 13.1. The van der Waals surface area contributed by atoms with E-state index >= 15 is 0 Å². The summed E-state index contributed by atoms with van der Waals surface area (Å²) in [5, 5.41) is 2.95. The van der Waals surface area contributed by atoms with Crippen molar-refractivity contribution in [2.75, 3.05) is 40.3 Å². The molecule has 1 aliphatic rings. The first kappa shape index (κ1) is 19.7. The minimum absolute atomic E-state index is 0.0957. The molecular weight excluding hydrogens is 360 g/mol. The van der Waals surface area contributed by atoms with E-state index in [0.29, 0.717) is 23.7 Å². The number of ether oxygens (including phenoxy) is 4. The Morgan fingerprint density at radius 3 is 2.21 bits per heavy atom. The van der Waals surface area contributed by atoms with Crippen LogP contribution in [0.4, 0.5) is 10.5 Å². The number of urea groups is 1. The fourth-order valence-corrected chi connectivity index (χ4v) is 3.53. The van der Waals surface area contributed by atoms with Gasteiger partial charge in [0.2, 0.25) is 0 Å². The third-order valence-electron chi connectivity index (χ3n) is 4.96. The molecular formula is C21H26N2O5. The molecule has 1 fully saturated rings. The average molecular weight is 386 g/mol. The van der Waals surface area contributed by atoms with Gasteiger partial charge in [0.25, 0.3) is 0 Å². The Morgan fingerprint density at radius 1 is 0.929 bits per heavy atom. The zero-order valence-electron chi connectivity index (χ0n) is 16.7. The van der Waals surface area contributed by atoms with Gasteiger partial charge in [-0.05, 0) is 43.2 Å². The molecule has 2 aromatic rings. The topological polar surface area (TPSA) is 69.3 Å². The lowest BCUT2D eigenvalue weighted by Crippen LogP contribution is -2.34. The van der Waals surface area contributed by atoms with E-state index < -0.39 is 0 Å². The molecule has 0 radical (unpaired) electrons. The van der Waals surface area contributed by atoms with Crippen molar-refractivity contribution in [1.82, 2.24) is 4.90 Å². The highest BCUT2D eigenvalue weighted by Crippen LogP contribution is 2.39. The Hall–Kier alpha value is -3.09. The van der Waals surface area contributed by atoms with Gasteiger partial charge in [0, 0.05) is 18.2 Å². The van der Waals surface area contributed by atoms with Crippen molar-refractivity contribution in [2.45, 2.75) is 18.9 Å². The van der Waals surface area contributed by atoms with Crippen LogP contribution in [-0.4, -0.2) is 45.9 Å². The van der Waals surface area contributed by atoms with Gasteiger partial charge in [-0.25, -0.2) is 4.79 Å². The van der Waals surface area contributed by atoms with Crippen LogP contribution in [-0.2, 0) is 0 Å². The van der Waals surface area contributed by atoms with E-state index in [1.807, 2.05) is 23.1 Å². The van der Waals surface area contributed by atoms with E-state index in [0.717, 1.165) is 29.9 Å². The molecule has 7 heteroatoms. The predicted molar refractivity (Wildman–Crippen MR) is 107 cm³/mol. The van der Waals surface area contributed by atoms with Crippen LogP contribution in [0.25, 0.3) is 0 Å². The van der Waals surface area contributed by atoms with Gasteiger partial charge in [0.15, 0.2) is 0 Å². The van der Waals surface area contributed by atoms with Crippen molar-refractivity contribution < 1.29 is 23.7 Å². The number of carbonyl (C=O) groups excluding carboxylic acids is 1. The Morgan fingerprint density at radius 2 is 1.57 bits per heavy atom. The standard InChI is InChI=1S/C21H26N2O5/c1-25-14-7-9-19(27-3)16(12-14)18-6-5-11-23(18)21(24)22-17-13-15(26-2)8-10-20(17)28-4/h7-10,12-13,18H,5-6,11H2,1-4H3,(H,22,24). The lowest BCUT2D eigenvalue weighted by molar-refractivity contribution is 0.206. The second kappa shape index (κ2) is 8.73. The molecule has 1 atom stereocenters. The zero-order valence-corrected chi connectivity index (χ0v) is 16.7. The van der Waals surface area contributed by atoms with Gasteiger partial charge in [0.05, 0.1) is 40.2 Å². The highest BCUT2D eigenvalue weighted by atomic mass is 16.5. The summed E-state index contributed by atoms with van der Waals surface area (Å²) < 4.78 is 21.5. The maximum Gasteiger partial charge on any atom is 0.322 e. The van der Waals surface area contributed by atoms with E-state index in [2.05, 4.69) is 5.32 Å². The van der Waals surface area contributed by atoms with E-state index in [9.17, 15) is 4.79 Å². The van der Waals surface area contributed by atoms with E-state index in [1.165, 1.54) is 0 Å². The fraction of sp³-hybridized carbons (Fsp3) is 0.381. The summed E-state index contributed by atoms with van der Waals surface area (Å²) in [6, 6.07) is 10.7. The number of amides is 2. The van der Waals surface area contributed by atoms with Gasteiger partial charge in [-0.1, -0.05) is 0 Å². The number of benzene rings is 2. The third-order valence-corrected chi connectivity index (χ3v) is 4.96. The second-order valence-corrected chi connectivity index (χ2v) is 6.46. The van der Waals surface area contributed by atoms with Crippen LogP contribution < -0.4 is 24.3 Å². The highest BCUT2D eigenvalue weighted by Gasteiger charge is 2.32. The molecule has 1 unspecified atom stereocenters. The first-order chi connectivity index (χ1) is 13.6. The number of carbonyl (C=O) groups is 1. The molecule has 1 saturated heterocycles. The second-order valence-electron chi connectivity index (χ2n) is 6.46. The lowest BCUT2D eigenvalue weighted by Gasteiger charge is -2.27. The van der Waals surface area contributed by atoms with Gasteiger partial charge < -0.3 is 29.2 Å². The third kappa shape index (κ3) is 3.93. The van der Waals surface area contributed by atoms with Crippen LogP contribution in [0.1, 0.15) is 24.4 Å². The predicted octanol–water partition coefficient (Wildman–Crippen LogP) is 4.09. The molecule has 0 spiro atoms. The molecule has 0 bridgehead atoms. The van der Waals surface area contributed by atoms with Crippen molar-refractivity contribution in [2.24, 2.45) is 0 Å².